The summed E-state index contributed by atoms with van der Waals surface area (Å²) in [6, 6.07) is 0. The van der Waals surface area contributed by atoms with Gasteiger partial charge in [0, 0.05) is 6.54 Å². The molecular weight excluding hydrogens is 198 g/mol. The number of carbonyl (C=O) groups is 1. The molecule has 0 heterocycles. The lowest BCUT2D eigenvalue weighted by atomic mass is 9.97. The fraction of sp³-hybridized carbons (Fsp3) is 0.727. The number of halogens is 1. The molecule has 14 heavy (non-hydrogen) atoms. The minimum atomic E-state index is -0.421. The van der Waals surface area contributed by atoms with Gasteiger partial charge in [-0.15, -0.1) is 11.6 Å². The molecule has 1 rings (SSSR count). The van der Waals surface area contributed by atoms with Crippen molar-refractivity contribution in [1.82, 2.24) is 5.32 Å². The monoisotopic (exact) mass is 215 g/mol. The fourth-order valence-electron chi connectivity index (χ4n) is 1.62. The van der Waals surface area contributed by atoms with Crippen LogP contribution in [0, 0.1) is 0 Å². The van der Waals surface area contributed by atoms with Crippen molar-refractivity contribution in [3.8, 4) is 0 Å². The highest BCUT2D eigenvalue weighted by Gasteiger charge is 2.08. The van der Waals surface area contributed by atoms with E-state index in [1.54, 1.807) is 6.92 Å². The zero-order valence-corrected chi connectivity index (χ0v) is 9.44. The number of rotatable bonds is 4. The van der Waals surface area contributed by atoms with Crippen molar-refractivity contribution in [3.63, 3.8) is 0 Å². The molecule has 1 aliphatic rings. The van der Waals surface area contributed by atoms with Gasteiger partial charge < -0.3 is 5.32 Å². The summed E-state index contributed by atoms with van der Waals surface area (Å²) in [4.78, 5) is 11.1. The van der Waals surface area contributed by atoms with E-state index in [2.05, 4.69) is 11.4 Å². The van der Waals surface area contributed by atoms with Crippen LogP contribution in [0.2, 0.25) is 0 Å². The molecule has 0 spiro atoms. The molecule has 1 N–H and O–H groups in total. The summed E-state index contributed by atoms with van der Waals surface area (Å²) >= 11 is 5.62. The number of hydrogen-bond acceptors (Lipinski definition) is 1. The molecule has 0 unspecified atom stereocenters. The molecule has 0 radical (unpaired) electrons. The molecule has 0 saturated carbocycles. The third kappa shape index (κ3) is 4.14. The van der Waals surface area contributed by atoms with Crippen LogP contribution in [-0.2, 0) is 4.79 Å². The Hall–Kier alpha value is -0.500. The number of allylic oxidation sites excluding steroid dienone is 1. The van der Waals surface area contributed by atoms with Gasteiger partial charge in [-0.2, -0.15) is 0 Å². The predicted molar refractivity (Wildman–Crippen MR) is 59.5 cm³/mol. The van der Waals surface area contributed by atoms with E-state index in [4.69, 9.17) is 11.6 Å². The minimum absolute atomic E-state index is 0.0666. The average molecular weight is 216 g/mol. The van der Waals surface area contributed by atoms with E-state index < -0.39 is 5.38 Å². The summed E-state index contributed by atoms with van der Waals surface area (Å²) < 4.78 is 0. The van der Waals surface area contributed by atoms with Crippen LogP contribution in [0.25, 0.3) is 0 Å². The van der Waals surface area contributed by atoms with Crippen LogP contribution in [0.4, 0.5) is 0 Å². The zero-order chi connectivity index (χ0) is 10.4. The number of carbonyl (C=O) groups excluding carboxylic acids is 1. The van der Waals surface area contributed by atoms with Gasteiger partial charge in [-0.05, 0) is 39.0 Å². The first-order valence-corrected chi connectivity index (χ1v) is 5.73. The average Bonchev–Trinajstić information content (AvgIpc) is 2.19. The van der Waals surface area contributed by atoms with Gasteiger partial charge in [-0.3, -0.25) is 4.79 Å². The summed E-state index contributed by atoms with van der Waals surface area (Å²) in [6.45, 7) is 2.42. The fourth-order valence-corrected chi connectivity index (χ4v) is 1.70. The largest absolute Gasteiger partial charge is 0.355 e. The molecule has 0 fully saturated rings. The summed E-state index contributed by atoms with van der Waals surface area (Å²) in [5.74, 6) is -0.0666. The van der Waals surface area contributed by atoms with Crippen LogP contribution in [0.1, 0.15) is 39.0 Å². The summed E-state index contributed by atoms with van der Waals surface area (Å²) in [5.41, 5.74) is 1.48. The molecule has 0 aromatic carbocycles. The smallest absolute Gasteiger partial charge is 0.237 e. The molecule has 1 amide bonds. The van der Waals surface area contributed by atoms with Gasteiger partial charge in [0.2, 0.25) is 5.91 Å². The van der Waals surface area contributed by atoms with Crippen LogP contribution in [0.5, 0.6) is 0 Å². The van der Waals surface area contributed by atoms with E-state index in [1.807, 2.05) is 0 Å². The van der Waals surface area contributed by atoms with E-state index in [0.29, 0.717) is 0 Å². The van der Waals surface area contributed by atoms with Gasteiger partial charge in [-0.1, -0.05) is 11.6 Å². The Balaban J connectivity index is 2.14. The normalized spacial score (nSPS) is 18.6. The van der Waals surface area contributed by atoms with Gasteiger partial charge in [0.15, 0.2) is 0 Å². The Morgan fingerprint density at radius 3 is 3.00 bits per heavy atom. The summed E-state index contributed by atoms with van der Waals surface area (Å²) in [7, 11) is 0. The quantitative estimate of drug-likeness (QED) is 0.567. The molecule has 1 aliphatic carbocycles. The van der Waals surface area contributed by atoms with Gasteiger partial charge in [0.25, 0.3) is 0 Å². The molecule has 0 aromatic heterocycles. The van der Waals surface area contributed by atoms with E-state index in [-0.39, 0.29) is 5.91 Å². The zero-order valence-electron chi connectivity index (χ0n) is 8.68. The number of nitrogens with one attached hydrogen (secondary N) is 1. The molecule has 1 atom stereocenters. The molecule has 0 aromatic rings. The molecule has 0 bridgehead atoms. The number of alkyl halides is 1. The number of amides is 1. The summed E-state index contributed by atoms with van der Waals surface area (Å²) in [6.07, 6.45) is 8.30. The standard InChI is InChI=1S/C11H18ClNO/c1-9(12)11(14)13-8-7-10-5-3-2-4-6-10/h5,9H,2-4,6-8H2,1H3,(H,13,14)/t9-/m0/s1. The highest BCUT2D eigenvalue weighted by molar-refractivity contribution is 6.30. The Labute approximate surface area is 90.7 Å². The lowest BCUT2D eigenvalue weighted by Crippen LogP contribution is -2.30. The first kappa shape index (κ1) is 11.6. The van der Waals surface area contributed by atoms with Crippen molar-refractivity contribution in [2.75, 3.05) is 6.54 Å². The second-order valence-electron chi connectivity index (χ2n) is 3.77. The highest BCUT2D eigenvalue weighted by Crippen LogP contribution is 2.19. The molecule has 2 nitrogen and oxygen atoms in total. The van der Waals surface area contributed by atoms with E-state index in [0.717, 1.165) is 13.0 Å². The van der Waals surface area contributed by atoms with Gasteiger partial charge in [0.1, 0.15) is 5.38 Å². The molecule has 0 saturated heterocycles. The van der Waals surface area contributed by atoms with Crippen molar-refractivity contribution < 1.29 is 4.79 Å². The first-order chi connectivity index (χ1) is 6.70. The molecule has 80 valence electrons. The Kier molecular flexibility index (Phi) is 5.02. The Bertz CT molecular complexity index is 223. The first-order valence-electron chi connectivity index (χ1n) is 5.30. The predicted octanol–water partition coefficient (Wildman–Crippen LogP) is 2.62. The molecule has 0 aliphatic heterocycles. The summed E-state index contributed by atoms with van der Waals surface area (Å²) in [5, 5.41) is 2.40. The van der Waals surface area contributed by atoms with Crippen LogP contribution >= 0.6 is 11.6 Å². The van der Waals surface area contributed by atoms with Gasteiger partial charge in [0.05, 0.1) is 0 Å². The second-order valence-corrected chi connectivity index (χ2v) is 4.42. The van der Waals surface area contributed by atoms with Crippen molar-refractivity contribution in [3.05, 3.63) is 11.6 Å². The maximum Gasteiger partial charge on any atom is 0.237 e. The Morgan fingerprint density at radius 1 is 1.64 bits per heavy atom. The van der Waals surface area contributed by atoms with Crippen LogP contribution in [0.3, 0.4) is 0 Å². The SMILES string of the molecule is C[C@H](Cl)C(=O)NCCC1=CCCCC1. The lowest BCUT2D eigenvalue weighted by molar-refractivity contribution is -0.120. The maximum atomic E-state index is 11.1. The lowest BCUT2D eigenvalue weighted by Gasteiger charge is -2.13. The van der Waals surface area contributed by atoms with E-state index in [9.17, 15) is 4.79 Å². The second kappa shape index (κ2) is 6.07. The van der Waals surface area contributed by atoms with Gasteiger partial charge in [-0.25, -0.2) is 0 Å². The molecular formula is C11H18ClNO. The van der Waals surface area contributed by atoms with Crippen LogP contribution in [0.15, 0.2) is 11.6 Å². The van der Waals surface area contributed by atoms with E-state index >= 15 is 0 Å². The third-order valence-corrected chi connectivity index (χ3v) is 2.69. The topological polar surface area (TPSA) is 29.1 Å². The minimum Gasteiger partial charge on any atom is -0.355 e. The molecule has 3 heteroatoms. The van der Waals surface area contributed by atoms with Crippen LogP contribution < -0.4 is 5.32 Å². The van der Waals surface area contributed by atoms with Crippen molar-refractivity contribution in [1.29, 1.82) is 0 Å². The third-order valence-electron chi connectivity index (χ3n) is 2.49. The van der Waals surface area contributed by atoms with E-state index in [1.165, 1.54) is 31.3 Å². The van der Waals surface area contributed by atoms with Crippen molar-refractivity contribution in [2.45, 2.75) is 44.4 Å². The van der Waals surface area contributed by atoms with Crippen molar-refractivity contribution in [2.24, 2.45) is 0 Å². The number of hydrogen-bond donors (Lipinski definition) is 1. The maximum absolute atomic E-state index is 11.1. The Morgan fingerprint density at radius 2 is 2.43 bits per heavy atom. The van der Waals surface area contributed by atoms with Gasteiger partial charge >= 0.3 is 0 Å². The highest BCUT2D eigenvalue weighted by atomic mass is 35.5. The van der Waals surface area contributed by atoms with Crippen LogP contribution in [-0.4, -0.2) is 17.8 Å². The van der Waals surface area contributed by atoms with Crippen molar-refractivity contribution >= 4 is 17.5 Å².